The Labute approximate surface area is 127 Å². The number of fused-ring (bicyclic) bond motifs is 1. The molecule has 0 unspecified atom stereocenters. The van der Waals surface area contributed by atoms with Crippen LogP contribution >= 0.6 is 0 Å². The lowest BCUT2D eigenvalue weighted by Gasteiger charge is -2.23. The molecule has 0 bridgehead atoms. The molecule has 2 rings (SSSR count). The number of nitrogens with one attached hydrogen (secondary N) is 1. The SMILES string of the molecule is COC(=O)[C@@H](C)NC(=O)[C@H](C)N1C(=O)c2ccccc2C1=O. The third-order valence-electron chi connectivity index (χ3n) is 3.51. The zero-order valence-electron chi connectivity index (χ0n) is 12.5. The highest BCUT2D eigenvalue weighted by Gasteiger charge is 2.40. The maximum atomic E-state index is 12.3. The number of ether oxygens (including phenoxy) is 1. The van der Waals surface area contributed by atoms with Crippen molar-refractivity contribution in [2.75, 3.05) is 7.11 Å². The lowest BCUT2D eigenvalue weighted by Crippen LogP contribution is -2.51. The number of imide groups is 1. The van der Waals surface area contributed by atoms with Crippen molar-refractivity contribution < 1.29 is 23.9 Å². The zero-order valence-corrected chi connectivity index (χ0v) is 12.5. The standard InChI is InChI=1S/C15H16N2O5/c1-8(15(21)22-3)16-12(18)9(2)17-13(19)10-6-4-5-7-11(10)14(17)20/h4-9H,1-3H3,(H,16,18)/t8-,9+/m1/s1. The Hall–Kier alpha value is -2.70. The summed E-state index contributed by atoms with van der Waals surface area (Å²) in [6, 6.07) is 4.48. The Morgan fingerprint density at radius 3 is 2.05 bits per heavy atom. The van der Waals surface area contributed by atoms with E-state index in [1.807, 2.05) is 0 Å². The van der Waals surface area contributed by atoms with Gasteiger partial charge in [-0.2, -0.15) is 0 Å². The number of carbonyl (C=O) groups excluding carboxylic acids is 4. The second-order valence-corrected chi connectivity index (χ2v) is 4.96. The van der Waals surface area contributed by atoms with Crippen LogP contribution in [0.2, 0.25) is 0 Å². The molecule has 0 saturated carbocycles. The monoisotopic (exact) mass is 304 g/mol. The van der Waals surface area contributed by atoms with Crippen molar-refractivity contribution in [2.45, 2.75) is 25.9 Å². The van der Waals surface area contributed by atoms with Gasteiger partial charge in [0.15, 0.2) is 0 Å². The molecule has 0 radical (unpaired) electrons. The van der Waals surface area contributed by atoms with Crippen molar-refractivity contribution in [1.29, 1.82) is 0 Å². The third kappa shape index (κ3) is 2.57. The van der Waals surface area contributed by atoms with Crippen molar-refractivity contribution in [1.82, 2.24) is 10.2 Å². The predicted octanol–water partition coefficient (Wildman–Crippen LogP) is 0.349. The molecule has 0 aliphatic carbocycles. The van der Waals surface area contributed by atoms with Gasteiger partial charge < -0.3 is 10.1 Å². The summed E-state index contributed by atoms with van der Waals surface area (Å²) < 4.78 is 4.51. The quantitative estimate of drug-likeness (QED) is 0.640. The molecule has 7 nitrogen and oxygen atoms in total. The molecule has 1 aliphatic rings. The molecule has 7 heteroatoms. The van der Waals surface area contributed by atoms with Crippen molar-refractivity contribution in [3.05, 3.63) is 35.4 Å². The molecule has 116 valence electrons. The van der Waals surface area contributed by atoms with Crippen molar-refractivity contribution in [3.63, 3.8) is 0 Å². The van der Waals surface area contributed by atoms with Gasteiger partial charge in [-0.1, -0.05) is 12.1 Å². The first-order chi connectivity index (χ1) is 10.4. The Balaban J connectivity index is 2.16. The van der Waals surface area contributed by atoms with Gasteiger partial charge in [0, 0.05) is 0 Å². The molecule has 1 aliphatic heterocycles. The minimum atomic E-state index is -1.03. The molecule has 1 aromatic rings. The minimum absolute atomic E-state index is 0.271. The number of carbonyl (C=O) groups is 4. The van der Waals surface area contributed by atoms with E-state index in [0.29, 0.717) is 0 Å². The Bertz CT molecular complexity index is 620. The average Bonchev–Trinajstić information content (AvgIpc) is 2.77. The normalized spacial score (nSPS) is 16.0. The van der Waals surface area contributed by atoms with Crippen LogP contribution in [0.25, 0.3) is 0 Å². The van der Waals surface area contributed by atoms with E-state index in [4.69, 9.17) is 0 Å². The largest absolute Gasteiger partial charge is 0.467 e. The molecule has 0 aromatic heterocycles. The second kappa shape index (κ2) is 5.97. The van der Waals surface area contributed by atoms with Gasteiger partial charge in [-0.25, -0.2) is 4.79 Å². The van der Waals surface area contributed by atoms with Crippen molar-refractivity contribution >= 4 is 23.7 Å². The van der Waals surface area contributed by atoms with Crippen LogP contribution in [0.3, 0.4) is 0 Å². The Morgan fingerprint density at radius 2 is 1.59 bits per heavy atom. The first-order valence-electron chi connectivity index (χ1n) is 6.73. The third-order valence-corrected chi connectivity index (χ3v) is 3.51. The number of hydrogen-bond acceptors (Lipinski definition) is 5. The van der Waals surface area contributed by atoms with Gasteiger partial charge in [-0.05, 0) is 26.0 Å². The summed E-state index contributed by atoms with van der Waals surface area (Å²) in [5.74, 6) is -2.25. The lowest BCUT2D eigenvalue weighted by atomic mass is 10.1. The molecule has 1 N–H and O–H groups in total. The average molecular weight is 304 g/mol. The van der Waals surface area contributed by atoms with E-state index in [1.54, 1.807) is 12.1 Å². The minimum Gasteiger partial charge on any atom is -0.467 e. The molecular weight excluding hydrogens is 288 g/mol. The molecule has 22 heavy (non-hydrogen) atoms. The second-order valence-electron chi connectivity index (χ2n) is 4.96. The van der Waals surface area contributed by atoms with Crippen LogP contribution in [-0.2, 0) is 14.3 Å². The van der Waals surface area contributed by atoms with E-state index in [0.717, 1.165) is 4.90 Å². The molecule has 0 fully saturated rings. The summed E-state index contributed by atoms with van der Waals surface area (Å²) in [6.07, 6.45) is 0. The number of rotatable bonds is 4. The summed E-state index contributed by atoms with van der Waals surface area (Å²) in [4.78, 5) is 48.9. The van der Waals surface area contributed by atoms with Crippen LogP contribution in [0.5, 0.6) is 0 Å². The number of amides is 3. The van der Waals surface area contributed by atoms with Gasteiger partial charge in [0.2, 0.25) is 5.91 Å². The van der Waals surface area contributed by atoms with Crippen LogP contribution in [0, 0.1) is 0 Å². The molecule has 1 aromatic carbocycles. The number of esters is 1. The fraction of sp³-hybridized carbons (Fsp3) is 0.333. The first kappa shape index (κ1) is 15.7. The molecule has 2 atom stereocenters. The predicted molar refractivity (Wildman–Crippen MR) is 76.0 cm³/mol. The van der Waals surface area contributed by atoms with Crippen molar-refractivity contribution in [3.8, 4) is 0 Å². The highest BCUT2D eigenvalue weighted by atomic mass is 16.5. The summed E-state index contributed by atoms with van der Waals surface area (Å²) in [5.41, 5.74) is 0.543. The topological polar surface area (TPSA) is 92.8 Å². The Morgan fingerprint density at radius 1 is 1.09 bits per heavy atom. The van der Waals surface area contributed by atoms with Crippen LogP contribution in [0.4, 0.5) is 0 Å². The molecule has 3 amide bonds. The molecular formula is C15H16N2O5. The maximum Gasteiger partial charge on any atom is 0.328 e. The summed E-state index contributed by atoms with van der Waals surface area (Å²) >= 11 is 0. The molecule has 0 saturated heterocycles. The number of hydrogen-bond donors (Lipinski definition) is 1. The highest BCUT2D eigenvalue weighted by molar-refractivity contribution is 6.22. The van der Waals surface area contributed by atoms with E-state index >= 15 is 0 Å². The van der Waals surface area contributed by atoms with E-state index in [-0.39, 0.29) is 11.1 Å². The van der Waals surface area contributed by atoms with E-state index < -0.39 is 35.8 Å². The summed E-state index contributed by atoms with van der Waals surface area (Å²) in [7, 11) is 1.21. The van der Waals surface area contributed by atoms with Crippen LogP contribution in [0.15, 0.2) is 24.3 Å². The summed E-state index contributed by atoms with van der Waals surface area (Å²) in [6.45, 7) is 2.89. The van der Waals surface area contributed by atoms with Crippen LogP contribution < -0.4 is 5.32 Å². The Kier molecular flexibility index (Phi) is 4.25. The van der Waals surface area contributed by atoms with Gasteiger partial charge in [-0.3, -0.25) is 19.3 Å². The van der Waals surface area contributed by atoms with Crippen molar-refractivity contribution in [2.24, 2.45) is 0 Å². The van der Waals surface area contributed by atoms with Gasteiger partial charge in [0.25, 0.3) is 11.8 Å². The highest BCUT2D eigenvalue weighted by Crippen LogP contribution is 2.24. The fourth-order valence-corrected chi connectivity index (χ4v) is 2.25. The van der Waals surface area contributed by atoms with E-state index in [9.17, 15) is 19.2 Å². The lowest BCUT2D eigenvalue weighted by molar-refractivity contribution is -0.144. The number of benzene rings is 1. The number of methoxy groups -OCH3 is 1. The van der Waals surface area contributed by atoms with E-state index in [2.05, 4.69) is 10.1 Å². The maximum absolute atomic E-state index is 12.3. The van der Waals surface area contributed by atoms with Crippen LogP contribution in [-0.4, -0.2) is 47.8 Å². The van der Waals surface area contributed by atoms with Crippen LogP contribution in [0.1, 0.15) is 34.6 Å². The van der Waals surface area contributed by atoms with Gasteiger partial charge in [0.05, 0.1) is 18.2 Å². The molecule has 0 spiro atoms. The van der Waals surface area contributed by atoms with E-state index in [1.165, 1.54) is 33.1 Å². The fourth-order valence-electron chi connectivity index (χ4n) is 2.25. The smallest absolute Gasteiger partial charge is 0.328 e. The number of nitrogens with zero attached hydrogens (tertiary/aromatic N) is 1. The van der Waals surface area contributed by atoms with Gasteiger partial charge >= 0.3 is 5.97 Å². The first-order valence-corrected chi connectivity index (χ1v) is 6.73. The van der Waals surface area contributed by atoms with Gasteiger partial charge in [0.1, 0.15) is 12.1 Å². The molecule has 1 heterocycles. The van der Waals surface area contributed by atoms with Gasteiger partial charge in [-0.15, -0.1) is 0 Å². The summed E-state index contributed by atoms with van der Waals surface area (Å²) in [5, 5.41) is 2.42. The zero-order chi connectivity index (χ0) is 16.4.